The van der Waals surface area contributed by atoms with E-state index in [0.29, 0.717) is 5.56 Å². The van der Waals surface area contributed by atoms with Gasteiger partial charge in [-0.05, 0) is 19.4 Å². The van der Waals surface area contributed by atoms with E-state index in [1.165, 1.54) is 27.9 Å². The van der Waals surface area contributed by atoms with E-state index < -0.39 is 52.6 Å². The molecule has 0 unspecified atom stereocenters. The standard InChI is InChI=1S/C18H24N2O9S/c1-11(29-18(23)27-10-13-8-6-5-7-9-13)14-15(12(2)28-17(22)19(3)4)20(16(14)21)30(24,25)26/h5-9,11-12,14-15H,10H2,1-4H3,(H,24,25,26)/p-1/t11-,12+,14-,15-/m1/s1. The molecule has 0 saturated carbocycles. The molecule has 1 aliphatic heterocycles. The molecule has 11 nitrogen and oxygen atoms in total. The fraction of sp³-hybridized carbons (Fsp3) is 0.500. The summed E-state index contributed by atoms with van der Waals surface area (Å²) in [7, 11) is -2.33. The second kappa shape index (κ2) is 9.30. The predicted molar refractivity (Wildman–Crippen MR) is 101 cm³/mol. The van der Waals surface area contributed by atoms with E-state index in [1.807, 2.05) is 0 Å². The Morgan fingerprint density at radius 2 is 1.73 bits per heavy atom. The Morgan fingerprint density at radius 1 is 1.13 bits per heavy atom. The topological polar surface area (TPSA) is 143 Å². The highest BCUT2D eigenvalue weighted by Gasteiger charge is 2.57. The van der Waals surface area contributed by atoms with Gasteiger partial charge in [-0.25, -0.2) is 22.3 Å². The lowest BCUT2D eigenvalue weighted by molar-refractivity contribution is -0.162. The second-order valence-electron chi connectivity index (χ2n) is 6.94. The Balaban J connectivity index is 2.07. The summed E-state index contributed by atoms with van der Waals surface area (Å²) in [4.78, 5) is 37.1. The van der Waals surface area contributed by atoms with Crippen LogP contribution in [-0.4, -0.2) is 72.7 Å². The Kier molecular flexibility index (Phi) is 7.26. The van der Waals surface area contributed by atoms with Crippen molar-refractivity contribution in [2.24, 2.45) is 5.92 Å². The lowest BCUT2D eigenvalue weighted by atomic mass is 9.83. The SMILES string of the molecule is C[C@H](OC(=O)N(C)C)[C@@H]1[C@@H]([C@@H](C)OC(=O)OCc2ccccc2)C(=O)N1S(=O)(=O)[O-]. The minimum Gasteiger partial charge on any atom is -0.731 e. The van der Waals surface area contributed by atoms with Crippen molar-refractivity contribution in [1.82, 2.24) is 9.21 Å². The van der Waals surface area contributed by atoms with Gasteiger partial charge in [0, 0.05) is 14.1 Å². The molecule has 1 aliphatic rings. The Bertz CT molecular complexity index is 888. The molecule has 1 aromatic rings. The summed E-state index contributed by atoms with van der Waals surface area (Å²) in [6.07, 6.45) is -4.15. The van der Waals surface area contributed by atoms with E-state index in [9.17, 15) is 27.4 Å². The highest BCUT2D eigenvalue weighted by molar-refractivity contribution is 7.84. The van der Waals surface area contributed by atoms with E-state index in [1.54, 1.807) is 30.3 Å². The highest BCUT2D eigenvalue weighted by Crippen LogP contribution is 2.36. The molecule has 0 aromatic heterocycles. The second-order valence-corrected chi connectivity index (χ2v) is 8.19. The van der Waals surface area contributed by atoms with Crippen molar-refractivity contribution in [3.05, 3.63) is 35.9 Å². The first kappa shape index (κ1) is 23.4. The minimum absolute atomic E-state index is 0.0631. The highest BCUT2D eigenvalue weighted by atomic mass is 32.2. The molecule has 2 amide bonds. The molecule has 0 N–H and O–H groups in total. The van der Waals surface area contributed by atoms with Crippen molar-refractivity contribution >= 4 is 28.5 Å². The largest absolute Gasteiger partial charge is 0.731 e. The zero-order valence-corrected chi connectivity index (χ0v) is 17.7. The molecular formula is C18H23N2O9S-. The molecule has 0 radical (unpaired) electrons. The maximum atomic E-state index is 12.3. The van der Waals surface area contributed by atoms with Crippen LogP contribution in [-0.2, 0) is 35.9 Å². The van der Waals surface area contributed by atoms with E-state index in [4.69, 9.17) is 14.2 Å². The maximum Gasteiger partial charge on any atom is 0.508 e. The molecule has 0 bridgehead atoms. The summed E-state index contributed by atoms with van der Waals surface area (Å²) < 4.78 is 49.7. The zero-order valence-electron chi connectivity index (χ0n) is 16.9. The molecule has 1 aromatic carbocycles. The van der Waals surface area contributed by atoms with Crippen LogP contribution in [0.4, 0.5) is 9.59 Å². The lowest BCUT2D eigenvalue weighted by Crippen LogP contribution is -2.70. The number of hydrogen-bond acceptors (Lipinski definition) is 9. The number of carbonyl (C=O) groups is 3. The van der Waals surface area contributed by atoms with Gasteiger partial charge in [-0.3, -0.25) is 4.79 Å². The molecule has 1 heterocycles. The van der Waals surface area contributed by atoms with Gasteiger partial charge in [-0.1, -0.05) is 30.3 Å². The number of hydrogen-bond donors (Lipinski definition) is 0. The Morgan fingerprint density at radius 3 is 2.27 bits per heavy atom. The van der Waals surface area contributed by atoms with E-state index >= 15 is 0 Å². The summed E-state index contributed by atoms with van der Waals surface area (Å²) in [5.41, 5.74) is 0.715. The van der Waals surface area contributed by atoms with Gasteiger partial charge in [0.25, 0.3) is 0 Å². The average Bonchev–Trinajstić information content (AvgIpc) is 2.63. The van der Waals surface area contributed by atoms with Gasteiger partial charge in [-0.15, -0.1) is 0 Å². The maximum absolute atomic E-state index is 12.3. The van der Waals surface area contributed by atoms with Gasteiger partial charge >= 0.3 is 12.2 Å². The van der Waals surface area contributed by atoms with Gasteiger partial charge in [0.15, 0.2) is 10.3 Å². The van der Waals surface area contributed by atoms with Crippen LogP contribution in [0.25, 0.3) is 0 Å². The van der Waals surface area contributed by atoms with Crippen molar-refractivity contribution < 1.29 is 41.6 Å². The van der Waals surface area contributed by atoms with Crippen LogP contribution in [0, 0.1) is 5.92 Å². The quantitative estimate of drug-likeness (QED) is 0.344. The van der Waals surface area contributed by atoms with Crippen LogP contribution in [0.3, 0.4) is 0 Å². The van der Waals surface area contributed by atoms with Crippen molar-refractivity contribution in [1.29, 1.82) is 0 Å². The van der Waals surface area contributed by atoms with Crippen molar-refractivity contribution in [3.8, 4) is 0 Å². The number of rotatable bonds is 7. The fourth-order valence-electron chi connectivity index (χ4n) is 3.03. The van der Waals surface area contributed by atoms with Gasteiger partial charge in [0.05, 0.1) is 6.04 Å². The number of ether oxygens (including phenoxy) is 3. The van der Waals surface area contributed by atoms with Crippen molar-refractivity contribution in [3.63, 3.8) is 0 Å². The summed E-state index contributed by atoms with van der Waals surface area (Å²) in [5.74, 6) is -2.26. The molecule has 4 atom stereocenters. The molecular weight excluding hydrogens is 420 g/mol. The fourth-order valence-corrected chi connectivity index (χ4v) is 3.98. The number of amides is 2. The molecule has 166 valence electrons. The number of β-lactam (4-membered cyclic amide) rings is 1. The first-order valence-corrected chi connectivity index (χ1v) is 10.3. The Hall–Kier alpha value is -2.86. The third-order valence-electron chi connectivity index (χ3n) is 4.50. The summed E-state index contributed by atoms with van der Waals surface area (Å²) in [6, 6.07) is 7.48. The van der Waals surface area contributed by atoms with Crippen LogP contribution >= 0.6 is 0 Å². The van der Waals surface area contributed by atoms with Gasteiger partial charge < -0.3 is 23.7 Å². The first-order chi connectivity index (χ1) is 13.9. The van der Waals surface area contributed by atoms with E-state index in [2.05, 4.69) is 0 Å². The summed E-state index contributed by atoms with van der Waals surface area (Å²) in [6.45, 7) is 2.63. The van der Waals surface area contributed by atoms with Crippen molar-refractivity contribution in [2.45, 2.75) is 38.7 Å². The van der Waals surface area contributed by atoms with Gasteiger partial charge in [0.2, 0.25) is 5.91 Å². The lowest BCUT2D eigenvalue weighted by Gasteiger charge is -2.50. The molecule has 12 heteroatoms. The molecule has 1 fully saturated rings. The van der Waals surface area contributed by atoms with Gasteiger partial charge in [-0.2, -0.15) is 0 Å². The van der Waals surface area contributed by atoms with Crippen LogP contribution in [0.5, 0.6) is 0 Å². The van der Waals surface area contributed by atoms with Crippen LogP contribution in [0.1, 0.15) is 19.4 Å². The molecule has 2 rings (SSSR count). The number of carbonyl (C=O) groups excluding carboxylic acids is 3. The summed E-state index contributed by atoms with van der Waals surface area (Å²) in [5, 5.41) is 0. The molecule has 0 aliphatic carbocycles. The first-order valence-electron chi connectivity index (χ1n) is 8.97. The van der Waals surface area contributed by atoms with Gasteiger partial charge in [0.1, 0.15) is 24.7 Å². The minimum atomic E-state index is -5.15. The average molecular weight is 443 g/mol. The Labute approximate surface area is 174 Å². The normalized spacial score (nSPS) is 20.6. The summed E-state index contributed by atoms with van der Waals surface area (Å²) >= 11 is 0. The molecule has 1 saturated heterocycles. The van der Waals surface area contributed by atoms with E-state index in [-0.39, 0.29) is 10.9 Å². The zero-order chi connectivity index (χ0) is 22.6. The monoisotopic (exact) mass is 443 g/mol. The molecule has 30 heavy (non-hydrogen) atoms. The smallest absolute Gasteiger partial charge is 0.508 e. The van der Waals surface area contributed by atoms with E-state index in [0.717, 1.165) is 4.90 Å². The third kappa shape index (κ3) is 5.39. The van der Waals surface area contributed by atoms with Crippen LogP contribution in [0.15, 0.2) is 30.3 Å². The van der Waals surface area contributed by atoms with Crippen LogP contribution < -0.4 is 0 Å². The number of benzene rings is 1. The predicted octanol–water partition coefficient (Wildman–Crippen LogP) is 1.10. The van der Waals surface area contributed by atoms with Crippen LogP contribution in [0.2, 0.25) is 0 Å². The number of nitrogens with zero attached hydrogens (tertiary/aromatic N) is 2. The molecule has 0 spiro atoms. The third-order valence-corrected chi connectivity index (χ3v) is 5.41. The van der Waals surface area contributed by atoms with Crippen molar-refractivity contribution in [2.75, 3.05) is 14.1 Å².